The molecule has 0 radical (unpaired) electrons. The van der Waals surface area contributed by atoms with Gasteiger partial charge in [0, 0.05) is 30.3 Å². The number of nitro benzene ring substituents is 1. The lowest BCUT2D eigenvalue weighted by atomic mass is 10.0. The second-order valence-electron chi connectivity index (χ2n) is 6.31. The Hall–Kier alpha value is -3.49. The van der Waals surface area contributed by atoms with E-state index >= 15 is 0 Å². The number of aromatic nitrogens is 3. The van der Waals surface area contributed by atoms with Gasteiger partial charge in [0.2, 0.25) is 0 Å². The topological polar surface area (TPSA) is 103 Å². The third kappa shape index (κ3) is 3.36. The third-order valence-electron chi connectivity index (χ3n) is 4.53. The number of nitrogens with zero attached hydrogens (tertiary/aromatic N) is 4. The first-order valence-electron chi connectivity index (χ1n) is 8.70. The fraction of sp³-hybridized carbons (Fsp3) is 0.0500. The van der Waals surface area contributed by atoms with E-state index in [4.69, 9.17) is 23.2 Å². The lowest BCUT2D eigenvalue weighted by Gasteiger charge is -2.12. The number of nitrogens with one attached hydrogen (secondary N) is 1. The monoisotopic (exact) mass is 441 g/mol. The second kappa shape index (κ2) is 7.74. The van der Waals surface area contributed by atoms with Crippen molar-refractivity contribution in [1.82, 2.24) is 14.8 Å². The molecule has 2 heterocycles. The maximum Gasteiger partial charge on any atom is 0.292 e. The van der Waals surface area contributed by atoms with Crippen LogP contribution in [0.5, 0.6) is 0 Å². The number of benzene rings is 2. The Morgan fingerprint density at radius 2 is 1.83 bits per heavy atom. The molecule has 0 spiro atoms. The van der Waals surface area contributed by atoms with Crippen molar-refractivity contribution in [3.8, 4) is 17.1 Å². The van der Waals surface area contributed by atoms with Gasteiger partial charge in [0.15, 0.2) is 5.82 Å². The van der Waals surface area contributed by atoms with Crippen molar-refractivity contribution in [3.63, 3.8) is 0 Å². The van der Waals surface area contributed by atoms with Crippen molar-refractivity contribution in [3.05, 3.63) is 85.2 Å². The molecule has 8 nitrogen and oxygen atoms in total. The van der Waals surface area contributed by atoms with Crippen LogP contribution in [-0.4, -0.2) is 26.7 Å². The van der Waals surface area contributed by atoms with Crippen molar-refractivity contribution >= 4 is 45.3 Å². The SMILES string of the molecule is CNc1ccc(-c2nn(-c3ncc(Cl)cc3Cl)c(=O)c3ccccc23)cc1[N+](=O)[O-]. The average molecular weight is 442 g/mol. The summed E-state index contributed by atoms with van der Waals surface area (Å²) in [5, 5.41) is 20.1. The standard InChI is InChI=1S/C20H13Cl2N5O3/c1-23-16-7-6-11(8-17(16)27(29)30)18-13-4-2-3-5-14(13)20(28)26(25-18)19-15(22)9-12(21)10-24-19/h2-10,23H,1H3. The van der Waals surface area contributed by atoms with Crippen LogP contribution in [0.2, 0.25) is 10.0 Å². The largest absolute Gasteiger partial charge is 0.383 e. The molecule has 0 bridgehead atoms. The van der Waals surface area contributed by atoms with Crippen LogP contribution in [0.4, 0.5) is 11.4 Å². The highest BCUT2D eigenvalue weighted by molar-refractivity contribution is 6.35. The van der Waals surface area contributed by atoms with Gasteiger partial charge < -0.3 is 5.32 Å². The smallest absolute Gasteiger partial charge is 0.292 e. The van der Waals surface area contributed by atoms with Crippen LogP contribution in [0.25, 0.3) is 27.8 Å². The molecule has 0 atom stereocenters. The van der Waals surface area contributed by atoms with E-state index in [-0.39, 0.29) is 16.5 Å². The summed E-state index contributed by atoms with van der Waals surface area (Å²) in [6.07, 6.45) is 1.36. The first-order chi connectivity index (χ1) is 14.4. The highest BCUT2D eigenvalue weighted by atomic mass is 35.5. The highest BCUT2D eigenvalue weighted by Crippen LogP contribution is 2.32. The molecule has 0 amide bonds. The van der Waals surface area contributed by atoms with E-state index < -0.39 is 10.5 Å². The minimum Gasteiger partial charge on any atom is -0.383 e. The Bertz CT molecular complexity index is 1370. The maximum atomic E-state index is 13.1. The zero-order chi connectivity index (χ0) is 21.4. The van der Waals surface area contributed by atoms with E-state index in [9.17, 15) is 14.9 Å². The zero-order valence-electron chi connectivity index (χ0n) is 15.5. The number of halogens is 2. The van der Waals surface area contributed by atoms with E-state index in [2.05, 4.69) is 15.4 Å². The van der Waals surface area contributed by atoms with Crippen molar-refractivity contribution in [2.45, 2.75) is 0 Å². The molecule has 0 saturated heterocycles. The van der Waals surface area contributed by atoms with Gasteiger partial charge in [0.05, 0.1) is 26.0 Å². The Morgan fingerprint density at radius 1 is 1.10 bits per heavy atom. The molecule has 150 valence electrons. The summed E-state index contributed by atoms with van der Waals surface area (Å²) in [5.41, 5.74) is 0.678. The van der Waals surface area contributed by atoms with Crippen LogP contribution < -0.4 is 10.9 Å². The van der Waals surface area contributed by atoms with Gasteiger partial charge in [-0.05, 0) is 18.2 Å². The highest BCUT2D eigenvalue weighted by Gasteiger charge is 2.19. The van der Waals surface area contributed by atoms with Crippen molar-refractivity contribution < 1.29 is 4.92 Å². The van der Waals surface area contributed by atoms with Crippen molar-refractivity contribution in [2.75, 3.05) is 12.4 Å². The van der Waals surface area contributed by atoms with Crippen LogP contribution in [0.3, 0.4) is 0 Å². The molecule has 0 aliphatic carbocycles. The number of pyridine rings is 1. The van der Waals surface area contributed by atoms with Gasteiger partial charge in [0.1, 0.15) is 5.69 Å². The van der Waals surface area contributed by atoms with Gasteiger partial charge in [0.25, 0.3) is 11.2 Å². The number of nitro groups is 1. The van der Waals surface area contributed by atoms with Crippen LogP contribution in [0, 0.1) is 10.1 Å². The Morgan fingerprint density at radius 3 is 2.50 bits per heavy atom. The molecule has 10 heteroatoms. The first kappa shape index (κ1) is 19.8. The van der Waals surface area contributed by atoms with Gasteiger partial charge in [-0.15, -0.1) is 0 Å². The maximum absolute atomic E-state index is 13.1. The normalized spacial score (nSPS) is 10.9. The fourth-order valence-electron chi connectivity index (χ4n) is 3.15. The lowest BCUT2D eigenvalue weighted by molar-refractivity contribution is -0.383. The summed E-state index contributed by atoms with van der Waals surface area (Å²) in [6.45, 7) is 0. The molecule has 30 heavy (non-hydrogen) atoms. The van der Waals surface area contributed by atoms with Gasteiger partial charge in [-0.2, -0.15) is 9.78 Å². The zero-order valence-corrected chi connectivity index (χ0v) is 17.0. The number of hydrogen-bond donors (Lipinski definition) is 1. The summed E-state index contributed by atoms with van der Waals surface area (Å²) in [6, 6.07) is 13.0. The first-order valence-corrected chi connectivity index (χ1v) is 9.46. The van der Waals surface area contributed by atoms with Gasteiger partial charge in [-0.3, -0.25) is 14.9 Å². The molecule has 2 aromatic carbocycles. The van der Waals surface area contributed by atoms with Gasteiger partial charge in [-0.1, -0.05) is 47.5 Å². The van der Waals surface area contributed by atoms with E-state index in [0.717, 1.165) is 4.68 Å². The quantitative estimate of drug-likeness (QED) is 0.363. The summed E-state index contributed by atoms with van der Waals surface area (Å²) in [4.78, 5) is 28.2. The van der Waals surface area contributed by atoms with Gasteiger partial charge in [-0.25, -0.2) is 4.98 Å². The molecule has 0 aliphatic rings. The second-order valence-corrected chi connectivity index (χ2v) is 7.15. The molecule has 4 rings (SSSR count). The summed E-state index contributed by atoms with van der Waals surface area (Å²) < 4.78 is 1.08. The third-order valence-corrected chi connectivity index (χ3v) is 5.02. The van der Waals surface area contributed by atoms with E-state index in [1.807, 2.05) is 0 Å². The molecule has 0 fully saturated rings. The van der Waals surface area contributed by atoms with Crippen LogP contribution in [0.15, 0.2) is 59.5 Å². The molecule has 4 aromatic rings. The number of hydrogen-bond acceptors (Lipinski definition) is 6. The summed E-state index contributed by atoms with van der Waals surface area (Å²) >= 11 is 12.2. The lowest BCUT2D eigenvalue weighted by Crippen LogP contribution is -2.23. The Labute approximate surface area is 179 Å². The summed E-state index contributed by atoms with van der Waals surface area (Å²) in [5.74, 6) is 0.111. The molecule has 0 aliphatic heterocycles. The van der Waals surface area contributed by atoms with E-state index in [1.54, 1.807) is 43.4 Å². The Kier molecular flexibility index (Phi) is 5.11. The van der Waals surface area contributed by atoms with Crippen molar-refractivity contribution in [2.24, 2.45) is 0 Å². The predicted molar refractivity (Wildman–Crippen MR) is 117 cm³/mol. The molecule has 2 aromatic heterocycles. The molecule has 1 N–H and O–H groups in total. The van der Waals surface area contributed by atoms with Crippen molar-refractivity contribution in [1.29, 1.82) is 0 Å². The fourth-order valence-corrected chi connectivity index (χ4v) is 3.61. The van der Waals surface area contributed by atoms with E-state index in [0.29, 0.717) is 32.7 Å². The number of rotatable bonds is 4. The minimum absolute atomic E-state index is 0.110. The predicted octanol–water partition coefficient (Wildman–Crippen LogP) is 4.70. The minimum atomic E-state index is -0.481. The number of anilines is 1. The van der Waals surface area contributed by atoms with Crippen LogP contribution >= 0.6 is 23.2 Å². The summed E-state index contributed by atoms with van der Waals surface area (Å²) in [7, 11) is 1.60. The van der Waals surface area contributed by atoms with E-state index in [1.165, 1.54) is 18.3 Å². The molecular formula is C20H13Cl2N5O3. The van der Waals surface area contributed by atoms with Gasteiger partial charge >= 0.3 is 0 Å². The Balaban J connectivity index is 2.06. The molecule has 0 unspecified atom stereocenters. The molecule has 0 saturated carbocycles. The van der Waals surface area contributed by atoms with Crippen LogP contribution in [-0.2, 0) is 0 Å². The number of fused-ring (bicyclic) bond motifs is 1. The van der Waals surface area contributed by atoms with Crippen LogP contribution in [0.1, 0.15) is 0 Å². The average Bonchev–Trinajstić information content (AvgIpc) is 2.74. The molecular weight excluding hydrogens is 429 g/mol.